The van der Waals surface area contributed by atoms with Gasteiger partial charge in [-0.05, 0) is 54.8 Å². The zero-order valence-electron chi connectivity index (χ0n) is 14.7. The zero-order valence-corrected chi connectivity index (χ0v) is 14.7. The second-order valence-electron chi connectivity index (χ2n) is 6.62. The largest absolute Gasteiger partial charge is 0.353 e. The van der Waals surface area contributed by atoms with Crippen molar-refractivity contribution in [3.63, 3.8) is 0 Å². The van der Waals surface area contributed by atoms with Gasteiger partial charge in [0.15, 0.2) is 5.82 Å². The number of carbonyl (C=O) groups excluding carboxylic acids is 1. The Bertz CT molecular complexity index is 910. The average molecular weight is 365 g/mol. The molecule has 1 aliphatic rings. The van der Waals surface area contributed by atoms with E-state index >= 15 is 0 Å². The molecule has 1 aliphatic heterocycles. The standard InChI is InChI=1S/C20H20FN5O/c21-15-8-6-14(7-9-15)18-12-19(25-24-18)26-11-3-4-16(13-26)23-20(27)17-5-1-2-10-22-17/h1-2,5-10,12,16H,3-4,11,13H2,(H,23,27)(H,24,25). The molecule has 0 spiro atoms. The van der Waals surface area contributed by atoms with Crippen LogP contribution in [0.25, 0.3) is 11.3 Å². The van der Waals surface area contributed by atoms with E-state index in [0.29, 0.717) is 12.2 Å². The number of nitrogens with one attached hydrogen (secondary N) is 2. The Balaban J connectivity index is 1.42. The number of pyridine rings is 1. The zero-order chi connectivity index (χ0) is 18.6. The van der Waals surface area contributed by atoms with Crippen LogP contribution in [0, 0.1) is 5.82 Å². The summed E-state index contributed by atoms with van der Waals surface area (Å²) >= 11 is 0. The van der Waals surface area contributed by atoms with Gasteiger partial charge in [-0.3, -0.25) is 14.9 Å². The van der Waals surface area contributed by atoms with Gasteiger partial charge in [0.1, 0.15) is 11.5 Å². The summed E-state index contributed by atoms with van der Waals surface area (Å²) in [5.41, 5.74) is 2.14. The van der Waals surface area contributed by atoms with Gasteiger partial charge in [0.25, 0.3) is 5.91 Å². The SMILES string of the molecule is O=C(NC1CCCN(c2cc(-c3ccc(F)cc3)[nH]n2)C1)c1ccccn1. The van der Waals surface area contributed by atoms with Gasteiger partial charge in [0, 0.05) is 31.4 Å². The fourth-order valence-corrected chi connectivity index (χ4v) is 3.31. The van der Waals surface area contributed by atoms with Crippen LogP contribution in [0.15, 0.2) is 54.7 Å². The first kappa shape index (κ1) is 17.2. The molecule has 1 aromatic carbocycles. The summed E-state index contributed by atoms with van der Waals surface area (Å²) in [7, 11) is 0. The average Bonchev–Trinajstić information content (AvgIpc) is 3.20. The third-order valence-corrected chi connectivity index (χ3v) is 4.70. The molecule has 1 atom stereocenters. The van der Waals surface area contributed by atoms with Crippen LogP contribution in [0.2, 0.25) is 0 Å². The summed E-state index contributed by atoms with van der Waals surface area (Å²) in [6, 6.07) is 13.6. The van der Waals surface area contributed by atoms with Gasteiger partial charge < -0.3 is 10.2 Å². The summed E-state index contributed by atoms with van der Waals surface area (Å²) in [5.74, 6) is 0.406. The Morgan fingerprint density at radius 2 is 2.07 bits per heavy atom. The van der Waals surface area contributed by atoms with Crippen molar-refractivity contribution >= 4 is 11.7 Å². The molecule has 7 heteroatoms. The lowest BCUT2D eigenvalue weighted by Crippen LogP contribution is -2.48. The summed E-state index contributed by atoms with van der Waals surface area (Å²) in [6.07, 6.45) is 3.50. The molecule has 0 saturated carbocycles. The quantitative estimate of drug-likeness (QED) is 0.745. The number of H-pyrrole nitrogens is 1. The topological polar surface area (TPSA) is 73.9 Å². The molecule has 2 aromatic heterocycles. The first-order valence-electron chi connectivity index (χ1n) is 8.97. The molecule has 1 amide bonds. The lowest BCUT2D eigenvalue weighted by atomic mass is 10.1. The molecular formula is C20H20FN5O. The van der Waals surface area contributed by atoms with Gasteiger partial charge in [-0.25, -0.2) is 4.39 Å². The van der Waals surface area contributed by atoms with Gasteiger partial charge in [-0.2, -0.15) is 5.10 Å². The van der Waals surface area contributed by atoms with Crippen molar-refractivity contribution in [3.8, 4) is 11.3 Å². The van der Waals surface area contributed by atoms with E-state index in [1.165, 1.54) is 12.1 Å². The second kappa shape index (κ2) is 7.57. The van der Waals surface area contributed by atoms with Crippen molar-refractivity contribution in [2.75, 3.05) is 18.0 Å². The van der Waals surface area contributed by atoms with E-state index in [-0.39, 0.29) is 17.8 Å². The van der Waals surface area contributed by atoms with Crippen LogP contribution < -0.4 is 10.2 Å². The number of halogens is 1. The molecule has 3 aromatic rings. The number of anilines is 1. The Morgan fingerprint density at radius 1 is 1.22 bits per heavy atom. The van der Waals surface area contributed by atoms with Crippen molar-refractivity contribution in [2.24, 2.45) is 0 Å². The van der Waals surface area contributed by atoms with Gasteiger partial charge >= 0.3 is 0 Å². The molecule has 3 heterocycles. The lowest BCUT2D eigenvalue weighted by Gasteiger charge is -2.33. The molecule has 0 radical (unpaired) electrons. The predicted molar refractivity (Wildman–Crippen MR) is 101 cm³/mol. The number of rotatable bonds is 4. The highest BCUT2D eigenvalue weighted by atomic mass is 19.1. The van der Waals surface area contributed by atoms with E-state index in [9.17, 15) is 9.18 Å². The number of aromatic nitrogens is 3. The van der Waals surface area contributed by atoms with Crippen LogP contribution in [-0.4, -0.2) is 40.2 Å². The number of piperidine rings is 1. The molecule has 27 heavy (non-hydrogen) atoms. The van der Waals surface area contributed by atoms with Gasteiger partial charge in [0.05, 0.1) is 5.69 Å². The third-order valence-electron chi connectivity index (χ3n) is 4.70. The maximum Gasteiger partial charge on any atom is 0.270 e. The Labute approximate surface area is 156 Å². The van der Waals surface area contributed by atoms with Crippen molar-refractivity contribution in [3.05, 3.63) is 66.2 Å². The summed E-state index contributed by atoms with van der Waals surface area (Å²) < 4.78 is 13.1. The molecular weight excluding hydrogens is 345 g/mol. The lowest BCUT2D eigenvalue weighted by molar-refractivity contribution is 0.0928. The Morgan fingerprint density at radius 3 is 2.85 bits per heavy atom. The normalized spacial score (nSPS) is 16.9. The van der Waals surface area contributed by atoms with E-state index < -0.39 is 0 Å². The van der Waals surface area contributed by atoms with Gasteiger partial charge in [-0.15, -0.1) is 0 Å². The first-order valence-corrected chi connectivity index (χ1v) is 8.97. The summed E-state index contributed by atoms with van der Waals surface area (Å²) in [6.45, 7) is 1.57. The van der Waals surface area contributed by atoms with Crippen LogP contribution in [0.3, 0.4) is 0 Å². The minimum atomic E-state index is -0.263. The highest BCUT2D eigenvalue weighted by molar-refractivity contribution is 5.92. The van der Waals surface area contributed by atoms with Crippen LogP contribution in [0.1, 0.15) is 23.3 Å². The number of benzene rings is 1. The number of hydrogen-bond donors (Lipinski definition) is 2. The van der Waals surface area contributed by atoms with Crippen molar-refractivity contribution < 1.29 is 9.18 Å². The van der Waals surface area contributed by atoms with E-state index in [4.69, 9.17) is 0 Å². The third kappa shape index (κ3) is 3.97. The number of hydrogen-bond acceptors (Lipinski definition) is 4. The summed E-state index contributed by atoms with van der Waals surface area (Å²) in [4.78, 5) is 18.6. The maximum absolute atomic E-state index is 13.1. The Hall–Kier alpha value is -3.22. The number of aromatic amines is 1. The van der Waals surface area contributed by atoms with Crippen LogP contribution in [0.4, 0.5) is 10.2 Å². The number of amides is 1. The number of carbonyl (C=O) groups is 1. The highest BCUT2D eigenvalue weighted by Gasteiger charge is 2.24. The number of nitrogens with zero attached hydrogens (tertiary/aromatic N) is 3. The molecule has 0 aliphatic carbocycles. The van der Waals surface area contributed by atoms with E-state index in [1.54, 1.807) is 36.5 Å². The fourth-order valence-electron chi connectivity index (χ4n) is 3.31. The van der Waals surface area contributed by atoms with Crippen LogP contribution >= 0.6 is 0 Å². The minimum Gasteiger partial charge on any atom is -0.353 e. The van der Waals surface area contributed by atoms with Gasteiger partial charge in [-0.1, -0.05) is 6.07 Å². The van der Waals surface area contributed by atoms with E-state index in [0.717, 1.165) is 36.5 Å². The van der Waals surface area contributed by atoms with E-state index in [2.05, 4.69) is 25.4 Å². The minimum absolute atomic E-state index is 0.0410. The first-order chi connectivity index (χ1) is 13.2. The maximum atomic E-state index is 13.1. The highest BCUT2D eigenvalue weighted by Crippen LogP contribution is 2.24. The van der Waals surface area contributed by atoms with Crippen LogP contribution in [-0.2, 0) is 0 Å². The van der Waals surface area contributed by atoms with Crippen molar-refractivity contribution in [2.45, 2.75) is 18.9 Å². The molecule has 2 N–H and O–H groups in total. The molecule has 138 valence electrons. The van der Waals surface area contributed by atoms with Crippen molar-refractivity contribution in [1.29, 1.82) is 0 Å². The molecule has 6 nitrogen and oxygen atoms in total. The fraction of sp³-hybridized carbons (Fsp3) is 0.250. The smallest absolute Gasteiger partial charge is 0.270 e. The van der Waals surface area contributed by atoms with Crippen molar-refractivity contribution in [1.82, 2.24) is 20.5 Å². The molecule has 4 rings (SSSR count). The van der Waals surface area contributed by atoms with E-state index in [1.807, 2.05) is 6.07 Å². The molecule has 0 bridgehead atoms. The Kier molecular flexibility index (Phi) is 4.82. The predicted octanol–water partition coefficient (Wildman–Crippen LogP) is 3.01. The summed E-state index contributed by atoms with van der Waals surface area (Å²) in [5, 5.41) is 10.5. The molecule has 1 fully saturated rings. The molecule has 1 unspecified atom stereocenters. The molecule has 1 saturated heterocycles. The monoisotopic (exact) mass is 365 g/mol. The second-order valence-corrected chi connectivity index (χ2v) is 6.62. The van der Waals surface area contributed by atoms with Gasteiger partial charge in [0.2, 0.25) is 0 Å². The van der Waals surface area contributed by atoms with Crippen LogP contribution in [0.5, 0.6) is 0 Å².